The molecule has 2 aromatic rings. The van der Waals surface area contributed by atoms with Gasteiger partial charge in [0, 0.05) is 0 Å². The summed E-state index contributed by atoms with van der Waals surface area (Å²) in [5, 5.41) is 2.65. The zero-order valence-electron chi connectivity index (χ0n) is 9.69. The number of carbonyl (C=O) groups is 1. The highest BCUT2D eigenvalue weighted by Gasteiger charge is 2.34. The first-order valence-electron chi connectivity index (χ1n) is 6.06. The van der Waals surface area contributed by atoms with E-state index in [1.807, 2.05) is 24.3 Å². The lowest BCUT2D eigenvalue weighted by Gasteiger charge is -2.03. The molecular formula is C15H15OS+. The van der Waals surface area contributed by atoms with Crippen molar-refractivity contribution >= 4 is 26.8 Å². The summed E-state index contributed by atoms with van der Waals surface area (Å²) < 4.78 is 0. The Morgan fingerprint density at radius 3 is 2.47 bits per heavy atom. The van der Waals surface area contributed by atoms with Gasteiger partial charge in [-0.3, -0.25) is 0 Å². The van der Waals surface area contributed by atoms with E-state index < -0.39 is 0 Å². The van der Waals surface area contributed by atoms with E-state index in [1.165, 1.54) is 18.2 Å². The van der Waals surface area contributed by atoms with Crippen molar-refractivity contribution in [3.63, 3.8) is 0 Å². The largest absolute Gasteiger partial charge is 0.362 e. The predicted octanol–water partition coefficient (Wildman–Crippen LogP) is 3.39. The van der Waals surface area contributed by atoms with Crippen LogP contribution in [0.15, 0.2) is 42.5 Å². The van der Waals surface area contributed by atoms with Gasteiger partial charge in [-0.2, -0.15) is 0 Å². The molecule has 1 aliphatic heterocycles. The van der Waals surface area contributed by atoms with Gasteiger partial charge in [-0.25, -0.2) is 4.79 Å². The molecule has 1 aliphatic rings. The zero-order chi connectivity index (χ0) is 11.7. The normalized spacial score (nSPS) is 16.5. The molecule has 1 saturated heterocycles. The van der Waals surface area contributed by atoms with Crippen LogP contribution in [0.1, 0.15) is 23.2 Å². The van der Waals surface area contributed by atoms with Crippen molar-refractivity contribution in [3.8, 4) is 0 Å². The van der Waals surface area contributed by atoms with E-state index in [1.54, 1.807) is 0 Å². The minimum atomic E-state index is -0.0179. The van der Waals surface area contributed by atoms with Crippen molar-refractivity contribution in [3.05, 3.63) is 48.0 Å². The summed E-state index contributed by atoms with van der Waals surface area (Å²) in [5.74, 6) is 2.20. The minimum absolute atomic E-state index is 0.0179. The average molecular weight is 243 g/mol. The van der Waals surface area contributed by atoms with E-state index in [0.29, 0.717) is 5.12 Å². The molecular weight excluding hydrogens is 228 g/mol. The second kappa shape index (κ2) is 4.53. The Bertz CT molecular complexity index is 550. The standard InChI is InChI=1S/C15H15OS/c16-15(17-10-3-4-11-17)14-9-5-7-12-6-1-2-8-13(12)14/h1-2,5-9H,3-4,10-11H2/q+1. The fourth-order valence-corrected chi connectivity index (χ4v) is 4.57. The molecule has 0 atom stereocenters. The summed E-state index contributed by atoms with van der Waals surface area (Å²) in [6.07, 6.45) is 2.44. The first-order valence-corrected chi connectivity index (χ1v) is 7.62. The highest BCUT2D eigenvalue weighted by atomic mass is 32.2. The maximum Gasteiger partial charge on any atom is 0.362 e. The third-order valence-corrected chi connectivity index (χ3v) is 5.61. The Labute approximate surface area is 104 Å². The molecule has 3 rings (SSSR count). The van der Waals surface area contributed by atoms with E-state index in [-0.39, 0.29) is 10.9 Å². The number of hydrogen-bond acceptors (Lipinski definition) is 1. The molecule has 0 N–H and O–H groups in total. The van der Waals surface area contributed by atoms with Gasteiger partial charge in [0.1, 0.15) is 11.5 Å². The lowest BCUT2D eigenvalue weighted by atomic mass is 10.1. The Balaban J connectivity index is 2.07. The molecule has 2 aromatic carbocycles. The second-order valence-electron chi connectivity index (χ2n) is 4.42. The zero-order valence-corrected chi connectivity index (χ0v) is 10.5. The molecule has 1 heterocycles. The monoisotopic (exact) mass is 243 g/mol. The Hall–Kier alpha value is -1.28. The third-order valence-electron chi connectivity index (χ3n) is 3.30. The van der Waals surface area contributed by atoms with Crippen LogP contribution in [0.5, 0.6) is 0 Å². The lowest BCUT2D eigenvalue weighted by molar-refractivity contribution is 0.108. The van der Waals surface area contributed by atoms with Crippen molar-refractivity contribution in [2.75, 3.05) is 11.5 Å². The lowest BCUT2D eigenvalue weighted by Crippen LogP contribution is -2.17. The smallest absolute Gasteiger partial charge is 0.232 e. The Morgan fingerprint density at radius 2 is 1.65 bits per heavy atom. The highest BCUT2D eigenvalue weighted by molar-refractivity contribution is 8.11. The van der Waals surface area contributed by atoms with Crippen LogP contribution in [-0.4, -0.2) is 16.6 Å². The predicted molar refractivity (Wildman–Crippen MR) is 74.6 cm³/mol. The van der Waals surface area contributed by atoms with Crippen LogP contribution in [0, 0.1) is 0 Å². The van der Waals surface area contributed by atoms with Crippen LogP contribution in [0.25, 0.3) is 10.8 Å². The van der Waals surface area contributed by atoms with Crippen LogP contribution >= 0.6 is 0 Å². The van der Waals surface area contributed by atoms with Gasteiger partial charge in [-0.1, -0.05) is 36.4 Å². The summed E-state index contributed by atoms with van der Waals surface area (Å²) in [6, 6.07) is 14.2. The van der Waals surface area contributed by atoms with Crippen molar-refractivity contribution in [1.29, 1.82) is 0 Å². The quantitative estimate of drug-likeness (QED) is 0.702. The van der Waals surface area contributed by atoms with Crippen molar-refractivity contribution in [2.24, 2.45) is 0 Å². The first-order chi connectivity index (χ1) is 8.36. The number of rotatable bonds is 1. The van der Waals surface area contributed by atoms with Crippen molar-refractivity contribution in [2.45, 2.75) is 12.8 Å². The molecule has 1 fully saturated rings. The number of hydrogen-bond donors (Lipinski definition) is 0. The summed E-state index contributed by atoms with van der Waals surface area (Å²) >= 11 is 0. The SMILES string of the molecule is O=C(c1cccc2ccccc12)[S+]1CCCC1. The molecule has 0 aromatic heterocycles. The maximum absolute atomic E-state index is 12.5. The Morgan fingerprint density at radius 1 is 0.941 bits per heavy atom. The number of fused-ring (bicyclic) bond motifs is 1. The van der Waals surface area contributed by atoms with E-state index in [4.69, 9.17) is 0 Å². The molecule has 0 unspecified atom stereocenters. The first kappa shape index (κ1) is 10.8. The molecule has 17 heavy (non-hydrogen) atoms. The molecule has 0 saturated carbocycles. The van der Waals surface area contributed by atoms with Crippen molar-refractivity contribution in [1.82, 2.24) is 0 Å². The number of carbonyl (C=O) groups excluding carboxylic acids is 1. The molecule has 0 aliphatic carbocycles. The fourth-order valence-electron chi connectivity index (χ4n) is 2.40. The average Bonchev–Trinajstić information content (AvgIpc) is 2.91. The minimum Gasteiger partial charge on any atom is -0.232 e. The van der Waals surface area contributed by atoms with Gasteiger partial charge in [-0.05, 0) is 29.7 Å². The van der Waals surface area contributed by atoms with Gasteiger partial charge in [0.15, 0.2) is 0 Å². The van der Waals surface area contributed by atoms with Gasteiger partial charge in [0.05, 0.1) is 16.5 Å². The molecule has 0 bridgehead atoms. The molecule has 0 radical (unpaired) electrons. The van der Waals surface area contributed by atoms with Gasteiger partial charge >= 0.3 is 5.12 Å². The highest BCUT2D eigenvalue weighted by Crippen LogP contribution is 2.24. The fraction of sp³-hybridized carbons (Fsp3) is 0.267. The van der Waals surface area contributed by atoms with Crippen LogP contribution in [0.3, 0.4) is 0 Å². The van der Waals surface area contributed by atoms with Crippen LogP contribution in [-0.2, 0) is 10.9 Å². The summed E-state index contributed by atoms with van der Waals surface area (Å²) in [7, 11) is -0.0179. The van der Waals surface area contributed by atoms with E-state index in [2.05, 4.69) is 18.2 Å². The van der Waals surface area contributed by atoms with Gasteiger partial charge in [-0.15, -0.1) is 0 Å². The summed E-state index contributed by atoms with van der Waals surface area (Å²) in [5.41, 5.74) is 0.924. The molecule has 0 amide bonds. The van der Waals surface area contributed by atoms with Gasteiger partial charge in [0.2, 0.25) is 0 Å². The van der Waals surface area contributed by atoms with E-state index >= 15 is 0 Å². The third kappa shape index (κ3) is 1.98. The molecule has 1 nitrogen and oxygen atoms in total. The van der Waals surface area contributed by atoms with Crippen molar-refractivity contribution < 1.29 is 4.79 Å². The summed E-state index contributed by atoms with van der Waals surface area (Å²) in [4.78, 5) is 12.5. The van der Waals surface area contributed by atoms with E-state index in [9.17, 15) is 4.79 Å². The van der Waals surface area contributed by atoms with Crippen LogP contribution in [0.4, 0.5) is 0 Å². The van der Waals surface area contributed by atoms with Crippen LogP contribution < -0.4 is 0 Å². The molecule has 2 heteroatoms. The topological polar surface area (TPSA) is 17.1 Å². The molecule has 86 valence electrons. The second-order valence-corrected chi connectivity index (χ2v) is 6.60. The van der Waals surface area contributed by atoms with E-state index in [0.717, 1.165) is 22.5 Å². The van der Waals surface area contributed by atoms with Gasteiger partial charge < -0.3 is 0 Å². The number of benzene rings is 2. The van der Waals surface area contributed by atoms with Crippen LogP contribution in [0.2, 0.25) is 0 Å². The maximum atomic E-state index is 12.5. The molecule has 0 spiro atoms. The Kier molecular flexibility index (Phi) is 2.89. The summed E-state index contributed by atoms with van der Waals surface area (Å²) in [6.45, 7) is 0. The van der Waals surface area contributed by atoms with Gasteiger partial charge in [0.25, 0.3) is 0 Å².